The highest BCUT2D eigenvalue weighted by Crippen LogP contribution is 2.34. The lowest BCUT2D eigenvalue weighted by molar-refractivity contribution is 0.146. The molecule has 30 heavy (non-hydrogen) atoms. The Bertz CT molecular complexity index is 989. The second-order valence-corrected chi connectivity index (χ2v) is 7.13. The van der Waals surface area contributed by atoms with Crippen molar-refractivity contribution in [1.82, 2.24) is 10.3 Å². The van der Waals surface area contributed by atoms with E-state index in [0.717, 1.165) is 54.2 Å². The van der Waals surface area contributed by atoms with E-state index in [4.69, 9.17) is 14.2 Å². The summed E-state index contributed by atoms with van der Waals surface area (Å²) < 4.78 is 16.3. The predicted molar refractivity (Wildman–Crippen MR) is 120 cm³/mol. The molecular formula is C23H28N4O3. The number of nitrogens with one attached hydrogen (secondary N) is 2. The molecule has 7 nitrogen and oxygen atoms in total. The number of hydrogen-bond donors (Lipinski definition) is 2. The van der Waals surface area contributed by atoms with Gasteiger partial charge in [-0.25, -0.2) is 0 Å². The van der Waals surface area contributed by atoms with E-state index in [1.807, 2.05) is 30.5 Å². The Morgan fingerprint density at radius 1 is 1.00 bits per heavy atom. The van der Waals surface area contributed by atoms with Gasteiger partial charge in [-0.15, -0.1) is 0 Å². The van der Waals surface area contributed by atoms with Crippen LogP contribution in [0.15, 0.2) is 48.7 Å². The van der Waals surface area contributed by atoms with Crippen molar-refractivity contribution >= 4 is 28.0 Å². The van der Waals surface area contributed by atoms with Gasteiger partial charge >= 0.3 is 0 Å². The molecule has 1 saturated heterocycles. The summed E-state index contributed by atoms with van der Waals surface area (Å²) in [6, 6.07) is 14.2. The lowest BCUT2D eigenvalue weighted by Crippen LogP contribution is -2.43. The number of ether oxygens (including phenoxy) is 3. The van der Waals surface area contributed by atoms with Gasteiger partial charge in [0.25, 0.3) is 0 Å². The smallest absolute Gasteiger partial charge is 0.145 e. The van der Waals surface area contributed by atoms with Crippen LogP contribution in [0.4, 0.5) is 17.1 Å². The molecule has 1 aliphatic heterocycles. The van der Waals surface area contributed by atoms with Crippen LogP contribution in [0.3, 0.4) is 0 Å². The molecule has 1 aromatic heterocycles. The largest absolute Gasteiger partial charge is 0.494 e. The molecular weight excluding hydrogens is 380 g/mol. The summed E-state index contributed by atoms with van der Waals surface area (Å²) in [4.78, 5) is 6.98. The third kappa shape index (κ3) is 4.58. The fourth-order valence-electron chi connectivity index (χ4n) is 3.62. The first-order valence-corrected chi connectivity index (χ1v) is 10.2. The molecule has 0 radical (unpaired) electrons. The van der Waals surface area contributed by atoms with Crippen LogP contribution < -0.4 is 25.0 Å². The van der Waals surface area contributed by atoms with Crippen molar-refractivity contribution in [3.8, 4) is 11.5 Å². The van der Waals surface area contributed by atoms with Crippen molar-refractivity contribution in [3.63, 3.8) is 0 Å². The Balaban J connectivity index is 1.57. The maximum atomic E-state index is 5.68. The summed E-state index contributed by atoms with van der Waals surface area (Å²) >= 11 is 0. The van der Waals surface area contributed by atoms with E-state index < -0.39 is 0 Å². The van der Waals surface area contributed by atoms with Gasteiger partial charge in [-0.2, -0.15) is 0 Å². The molecule has 0 amide bonds. The number of fused-ring (bicyclic) bond motifs is 1. The van der Waals surface area contributed by atoms with Crippen LogP contribution in [0.5, 0.6) is 11.5 Å². The zero-order chi connectivity index (χ0) is 20.8. The second kappa shape index (κ2) is 9.65. The van der Waals surface area contributed by atoms with Gasteiger partial charge in [-0.1, -0.05) is 0 Å². The molecule has 7 heteroatoms. The Morgan fingerprint density at radius 3 is 2.67 bits per heavy atom. The number of aromatic nitrogens is 1. The van der Waals surface area contributed by atoms with Gasteiger partial charge in [-0.05, 0) is 36.4 Å². The minimum atomic E-state index is 0.497. The van der Waals surface area contributed by atoms with Gasteiger partial charge in [0.2, 0.25) is 0 Å². The van der Waals surface area contributed by atoms with E-state index in [1.54, 1.807) is 14.2 Å². The van der Waals surface area contributed by atoms with Crippen LogP contribution in [-0.4, -0.2) is 58.6 Å². The summed E-state index contributed by atoms with van der Waals surface area (Å²) in [5.74, 6) is 1.46. The van der Waals surface area contributed by atoms with Crippen LogP contribution in [-0.2, 0) is 4.74 Å². The topological polar surface area (TPSA) is 67.9 Å². The SMILES string of the molecule is COCCOc1ccc(Nc2ccnc3cc(N4CCNCC4)ccc23)c(OC)c1. The van der Waals surface area contributed by atoms with E-state index in [1.165, 1.54) is 5.69 Å². The first-order valence-electron chi connectivity index (χ1n) is 10.2. The summed E-state index contributed by atoms with van der Waals surface area (Å²) in [6.45, 7) is 5.09. The molecule has 158 valence electrons. The molecule has 1 aliphatic rings. The molecule has 4 rings (SSSR count). The van der Waals surface area contributed by atoms with Crippen LogP contribution >= 0.6 is 0 Å². The minimum Gasteiger partial charge on any atom is -0.494 e. The lowest BCUT2D eigenvalue weighted by Gasteiger charge is -2.29. The van der Waals surface area contributed by atoms with E-state index in [9.17, 15) is 0 Å². The highest BCUT2D eigenvalue weighted by molar-refractivity contribution is 5.95. The van der Waals surface area contributed by atoms with Gasteiger partial charge in [0.15, 0.2) is 0 Å². The van der Waals surface area contributed by atoms with E-state index >= 15 is 0 Å². The predicted octanol–water partition coefficient (Wildman–Crippen LogP) is 3.42. The van der Waals surface area contributed by atoms with Gasteiger partial charge in [0, 0.05) is 62.3 Å². The highest BCUT2D eigenvalue weighted by atomic mass is 16.5. The first kappa shape index (κ1) is 20.3. The standard InChI is InChI=1S/C23H28N4O3/c1-28-13-14-30-18-4-6-21(23(16-18)29-2)26-20-7-8-25-22-15-17(3-5-19(20)22)27-11-9-24-10-12-27/h3-8,15-16,24H,9-14H2,1-2H3,(H,25,26). The number of rotatable bonds is 8. The zero-order valence-corrected chi connectivity index (χ0v) is 17.5. The molecule has 2 heterocycles. The number of hydrogen-bond acceptors (Lipinski definition) is 7. The normalized spacial score (nSPS) is 14.0. The van der Waals surface area contributed by atoms with E-state index in [2.05, 4.69) is 38.7 Å². The Hall–Kier alpha value is -3.03. The molecule has 0 spiro atoms. The van der Waals surface area contributed by atoms with Crippen LogP contribution in [0, 0.1) is 0 Å². The molecule has 0 atom stereocenters. The fourth-order valence-corrected chi connectivity index (χ4v) is 3.62. The number of pyridine rings is 1. The number of anilines is 3. The third-order valence-corrected chi connectivity index (χ3v) is 5.21. The van der Waals surface area contributed by atoms with Crippen molar-refractivity contribution in [2.75, 3.05) is 63.8 Å². The minimum absolute atomic E-state index is 0.497. The average molecular weight is 409 g/mol. The monoisotopic (exact) mass is 408 g/mol. The molecule has 2 aromatic carbocycles. The Morgan fingerprint density at radius 2 is 1.87 bits per heavy atom. The van der Waals surface area contributed by atoms with Gasteiger partial charge < -0.3 is 29.7 Å². The molecule has 0 aliphatic carbocycles. The maximum absolute atomic E-state index is 5.68. The van der Waals surface area contributed by atoms with E-state index in [0.29, 0.717) is 19.0 Å². The summed E-state index contributed by atoms with van der Waals surface area (Å²) in [5, 5.41) is 7.95. The van der Waals surface area contributed by atoms with Crippen LogP contribution in [0.25, 0.3) is 10.9 Å². The highest BCUT2D eigenvalue weighted by Gasteiger charge is 2.13. The van der Waals surface area contributed by atoms with Crippen molar-refractivity contribution in [2.45, 2.75) is 0 Å². The summed E-state index contributed by atoms with van der Waals surface area (Å²) in [6.07, 6.45) is 1.83. The molecule has 1 fully saturated rings. The average Bonchev–Trinajstić information content (AvgIpc) is 2.80. The number of piperazine rings is 1. The molecule has 0 bridgehead atoms. The fraction of sp³-hybridized carbons (Fsp3) is 0.348. The van der Waals surface area contributed by atoms with Crippen molar-refractivity contribution in [2.24, 2.45) is 0 Å². The van der Waals surface area contributed by atoms with Gasteiger partial charge in [0.05, 0.1) is 24.9 Å². The van der Waals surface area contributed by atoms with Crippen LogP contribution in [0.2, 0.25) is 0 Å². The Labute approximate surface area is 177 Å². The second-order valence-electron chi connectivity index (χ2n) is 7.13. The number of methoxy groups -OCH3 is 2. The maximum Gasteiger partial charge on any atom is 0.145 e. The molecule has 2 N–H and O–H groups in total. The van der Waals surface area contributed by atoms with Crippen LogP contribution in [0.1, 0.15) is 0 Å². The quantitative estimate of drug-likeness (QED) is 0.554. The lowest BCUT2D eigenvalue weighted by atomic mass is 10.1. The van der Waals surface area contributed by atoms with E-state index in [-0.39, 0.29) is 0 Å². The van der Waals surface area contributed by atoms with Crippen molar-refractivity contribution in [3.05, 3.63) is 48.7 Å². The molecule has 0 unspecified atom stereocenters. The Kier molecular flexibility index (Phi) is 6.51. The molecule has 0 saturated carbocycles. The van der Waals surface area contributed by atoms with Gasteiger partial charge in [-0.3, -0.25) is 4.98 Å². The third-order valence-electron chi connectivity index (χ3n) is 5.21. The van der Waals surface area contributed by atoms with Crippen molar-refractivity contribution in [1.29, 1.82) is 0 Å². The number of nitrogens with zero attached hydrogens (tertiary/aromatic N) is 2. The zero-order valence-electron chi connectivity index (χ0n) is 17.5. The molecule has 3 aromatic rings. The summed E-state index contributed by atoms with van der Waals surface area (Å²) in [7, 11) is 3.31. The first-order chi connectivity index (χ1) is 14.8. The van der Waals surface area contributed by atoms with Gasteiger partial charge in [0.1, 0.15) is 18.1 Å². The number of benzene rings is 2. The van der Waals surface area contributed by atoms with Crippen molar-refractivity contribution < 1.29 is 14.2 Å². The summed E-state index contributed by atoms with van der Waals surface area (Å²) in [5.41, 5.74) is 4.03.